The van der Waals surface area contributed by atoms with Gasteiger partial charge in [-0.3, -0.25) is 9.44 Å². The van der Waals surface area contributed by atoms with Gasteiger partial charge in [-0.15, -0.1) is 0 Å². The molecule has 0 saturated carbocycles. The lowest BCUT2D eigenvalue weighted by Crippen LogP contribution is -2.17. The molecule has 0 aliphatic carbocycles. The molecule has 0 amide bonds. The van der Waals surface area contributed by atoms with E-state index in [0.29, 0.717) is 0 Å². The second-order valence-electron chi connectivity index (χ2n) is 7.18. The summed E-state index contributed by atoms with van der Waals surface area (Å²) >= 11 is 0. The summed E-state index contributed by atoms with van der Waals surface area (Å²) in [7, 11) is -7.55. The highest BCUT2D eigenvalue weighted by Gasteiger charge is 2.25. The first kappa shape index (κ1) is 27.0. The van der Waals surface area contributed by atoms with Gasteiger partial charge < -0.3 is 14.2 Å². The van der Waals surface area contributed by atoms with Gasteiger partial charge in [-0.2, -0.15) is 0 Å². The van der Waals surface area contributed by atoms with E-state index in [1.807, 2.05) is 0 Å². The van der Waals surface area contributed by atoms with Crippen molar-refractivity contribution in [1.29, 1.82) is 0 Å². The number of hydrogen-bond acceptors (Lipinski definition) is 7. The molecular weight excluding hydrogens is 518 g/mol. The van der Waals surface area contributed by atoms with Crippen LogP contribution in [0.5, 0.6) is 17.2 Å². The van der Waals surface area contributed by atoms with E-state index < -0.39 is 41.5 Å². The fourth-order valence-electron chi connectivity index (χ4n) is 3.13. The smallest absolute Gasteiger partial charge is 0.265 e. The van der Waals surface area contributed by atoms with E-state index in [1.165, 1.54) is 31.4 Å². The lowest BCUT2D eigenvalue weighted by molar-refractivity contribution is 0.321. The summed E-state index contributed by atoms with van der Waals surface area (Å²) in [6, 6.07) is 10.1. The van der Waals surface area contributed by atoms with Crippen LogP contribution in [0, 0.1) is 11.6 Å². The third kappa shape index (κ3) is 6.15. The van der Waals surface area contributed by atoms with Gasteiger partial charge in [-0.05, 0) is 56.3 Å². The van der Waals surface area contributed by atoms with E-state index in [0.717, 1.165) is 30.3 Å². The van der Waals surface area contributed by atoms with E-state index in [-0.39, 0.29) is 41.8 Å². The van der Waals surface area contributed by atoms with Gasteiger partial charge in [0.15, 0.2) is 23.1 Å². The maximum absolute atomic E-state index is 14.2. The molecule has 0 aliphatic heterocycles. The molecular formula is C23H24F2N2O7S2. The van der Waals surface area contributed by atoms with Gasteiger partial charge in [-0.1, -0.05) is 0 Å². The number of benzene rings is 3. The first-order valence-corrected chi connectivity index (χ1v) is 13.6. The Kier molecular flexibility index (Phi) is 8.25. The number of methoxy groups -OCH3 is 1. The summed E-state index contributed by atoms with van der Waals surface area (Å²) in [5.41, 5.74) is -0.214. The number of halogens is 2. The third-order valence-corrected chi connectivity index (χ3v) is 7.48. The maximum Gasteiger partial charge on any atom is 0.265 e. The van der Waals surface area contributed by atoms with Crippen LogP contribution in [0.4, 0.5) is 20.2 Å². The number of sulfonamides is 2. The molecule has 0 radical (unpaired) electrons. The number of rotatable bonds is 11. The van der Waals surface area contributed by atoms with Gasteiger partial charge in [0, 0.05) is 12.1 Å². The molecule has 36 heavy (non-hydrogen) atoms. The summed E-state index contributed by atoms with van der Waals surface area (Å²) in [5.74, 6) is -1.81. The largest absolute Gasteiger partial charge is 0.495 e. The van der Waals surface area contributed by atoms with E-state index in [1.54, 1.807) is 13.8 Å². The third-order valence-electron chi connectivity index (χ3n) is 4.70. The van der Waals surface area contributed by atoms with Crippen molar-refractivity contribution in [3.05, 3.63) is 66.2 Å². The van der Waals surface area contributed by atoms with Crippen LogP contribution in [0.2, 0.25) is 0 Å². The van der Waals surface area contributed by atoms with Crippen LogP contribution in [-0.2, 0) is 20.0 Å². The quantitative estimate of drug-likeness (QED) is 0.369. The van der Waals surface area contributed by atoms with Crippen molar-refractivity contribution in [2.75, 3.05) is 29.8 Å². The van der Waals surface area contributed by atoms with Crippen LogP contribution in [0.15, 0.2) is 64.4 Å². The van der Waals surface area contributed by atoms with Crippen molar-refractivity contribution in [2.45, 2.75) is 23.6 Å². The number of ether oxygens (including phenoxy) is 3. The normalized spacial score (nSPS) is 11.6. The summed E-state index contributed by atoms with van der Waals surface area (Å²) in [5, 5.41) is 0. The standard InChI is InChI=1S/C23H24F2N2O7S2/c1-4-33-20-9-6-15(12-18(20)24)26-35(28,29)17-8-11-22(32-3)23(14-17)36(30,31)27-16-7-10-21(34-5-2)19(25)13-16/h6-14,26-27H,4-5H2,1-3H3. The molecule has 0 fully saturated rings. The minimum Gasteiger partial charge on any atom is -0.495 e. The zero-order valence-corrected chi connectivity index (χ0v) is 21.2. The first-order chi connectivity index (χ1) is 17.0. The van der Waals surface area contributed by atoms with Crippen molar-refractivity contribution in [3.63, 3.8) is 0 Å². The topological polar surface area (TPSA) is 120 Å². The van der Waals surface area contributed by atoms with Crippen molar-refractivity contribution < 1.29 is 39.8 Å². The Labute approximate surface area is 208 Å². The van der Waals surface area contributed by atoms with Crippen LogP contribution in [0.3, 0.4) is 0 Å². The highest BCUT2D eigenvalue weighted by molar-refractivity contribution is 7.93. The minimum atomic E-state index is -4.42. The lowest BCUT2D eigenvalue weighted by atomic mass is 10.3. The van der Waals surface area contributed by atoms with Gasteiger partial charge in [0.25, 0.3) is 20.0 Å². The molecule has 0 saturated heterocycles. The van der Waals surface area contributed by atoms with Crippen LogP contribution in [-0.4, -0.2) is 37.2 Å². The summed E-state index contributed by atoms with van der Waals surface area (Å²) in [4.78, 5) is -0.948. The van der Waals surface area contributed by atoms with Crippen molar-refractivity contribution in [1.82, 2.24) is 0 Å². The van der Waals surface area contributed by atoms with E-state index in [9.17, 15) is 25.6 Å². The van der Waals surface area contributed by atoms with Crippen LogP contribution in [0.1, 0.15) is 13.8 Å². The Bertz CT molecular complexity index is 1460. The molecule has 2 N–H and O–H groups in total. The molecule has 0 unspecified atom stereocenters. The number of anilines is 2. The molecule has 3 aromatic rings. The second-order valence-corrected chi connectivity index (χ2v) is 10.5. The van der Waals surface area contributed by atoms with Gasteiger partial charge >= 0.3 is 0 Å². The highest BCUT2D eigenvalue weighted by Crippen LogP contribution is 2.31. The zero-order valence-electron chi connectivity index (χ0n) is 19.5. The lowest BCUT2D eigenvalue weighted by Gasteiger charge is -2.15. The molecule has 0 bridgehead atoms. The Morgan fingerprint density at radius 2 is 1.17 bits per heavy atom. The van der Waals surface area contributed by atoms with E-state index in [4.69, 9.17) is 14.2 Å². The Morgan fingerprint density at radius 3 is 1.61 bits per heavy atom. The van der Waals surface area contributed by atoms with Crippen LogP contribution >= 0.6 is 0 Å². The van der Waals surface area contributed by atoms with Crippen molar-refractivity contribution in [2.24, 2.45) is 0 Å². The number of nitrogens with one attached hydrogen (secondary N) is 2. The average Bonchev–Trinajstić information content (AvgIpc) is 2.82. The molecule has 3 rings (SSSR count). The molecule has 0 spiro atoms. The molecule has 3 aromatic carbocycles. The molecule has 0 heterocycles. The Hall–Kier alpha value is -3.58. The van der Waals surface area contributed by atoms with Crippen LogP contribution in [0.25, 0.3) is 0 Å². The SMILES string of the molecule is CCOc1ccc(NS(=O)(=O)c2ccc(OC)c(S(=O)(=O)Nc3ccc(OCC)c(F)c3)c2)cc1F. The molecule has 194 valence electrons. The zero-order chi connectivity index (χ0) is 26.5. The fraction of sp³-hybridized carbons (Fsp3) is 0.217. The molecule has 0 atom stereocenters. The predicted molar refractivity (Wildman–Crippen MR) is 130 cm³/mol. The molecule has 9 nitrogen and oxygen atoms in total. The predicted octanol–water partition coefficient (Wildman–Crippen LogP) is 4.37. The Morgan fingerprint density at radius 1 is 0.694 bits per heavy atom. The Balaban J connectivity index is 1.93. The minimum absolute atomic E-state index is 0.0462. The monoisotopic (exact) mass is 542 g/mol. The molecule has 0 aliphatic rings. The number of hydrogen-bond donors (Lipinski definition) is 2. The van der Waals surface area contributed by atoms with Gasteiger partial charge in [0.05, 0.1) is 36.6 Å². The van der Waals surface area contributed by atoms with Gasteiger partial charge in [-0.25, -0.2) is 25.6 Å². The molecule has 0 aromatic heterocycles. The van der Waals surface area contributed by atoms with Crippen molar-refractivity contribution in [3.8, 4) is 17.2 Å². The van der Waals surface area contributed by atoms with E-state index >= 15 is 0 Å². The van der Waals surface area contributed by atoms with Crippen molar-refractivity contribution >= 4 is 31.4 Å². The molecule has 13 heteroatoms. The van der Waals surface area contributed by atoms with Crippen LogP contribution < -0.4 is 23.7 Å². The van der Waals surface area contributed by atoms with E-state index in [2.05, 4.69) is 9.44 Å². The maximum atomic E-state index is 14.2. The first-order valence-electron chi connectivity index (χ1n) is 10.6. The summed E-state index contributed by atoms with van der Waals surface area (Å²) in [6.45, 7) is 3.79. The summed E-state index contributed by atoms with van der Waals surface area (Å²) in [6.07, 6.45) is 0. The fourth-order valence-corrected chi connectivity index (χ4v) is 5.53. The van der Waals surface area contributed by atoms with Gasteiger partial charge in [0.2, 0.25) is 0 Å². The highest BCUT2D eigenvalue weighted by atomic mass is 32.2. The second kappa shape index (κ2) is 11.0. The van der Waals surface area contributed by atoms with Gasteiger partial charge in [0.1, 0.15) is 10.6 Å². The average molecular weight is 543 g/mol. The summed E-state index contributed by atoms with van der Waals surface area (Å²) < 4.78 is 99.9.